The summed E-state index contributed by atoms with van der Waals surface area (Å²) in [4.78, 5) is 27.8. The number of anilines is 1. The Morgan fingerprint density at radius 2 is 1.96 bits per heavy atom. The van der Waals surface area contributed by atoms with Crippen LogP contribution in [0.1, 0.15) is 12.3 Å². The molecule has 8 heteroatoms. The fourth-order valence-electron chi connectivity index (χ4n) is 2.08. The van der Waals surface area contributed by atoms with Gasteiger partial charge in [-0.15, -0.1) is 0 Å². The van der Waals surface area contributed by atoms with E-state index in [-0.39, 0.29) is 24.8 Å². The zero-order valence-electron chi connectivity index (χ0n) is 13.3. The van der Waals surface area contributed by atoms with Crippen LogP contribution in [0, 0.1) is 0 Å². The van der Waals surface area contributed by atoms with Crippen molar-refractivity contribution >= 4 is 28.8 Å². The van der Waals surface area contributed by atoms with Crippen LogP contribution < -0.4 is 10.6 Å². The highest BCUT2D eigenvalue weighted by atomic mass is 32.1. The molecule has 3 aromatic rings. The number of carbonyl (C=O) groups excluding carboxylic acids is 2. The number of nitrogens with one attached hydrogen (secondary N) is 2. The minimum atomic E-state index is -0.280. The van der Waals surface area contributed by atoms with Crippen molar-refractivity contribution in [3.63, 3.8) is 0 Å². The van der Waals surface area contributed by atoms with Gasteiger partial charge in [0.05, 0.1) is 6.54 Å². The molecule has 0 aliphatic heterocycles. The van der Waals surface area contributed by atoms with Crippen LogP contribution in [0.25, 0.3) is 11.4 Å². The molecule has 3 rings (SSSR count). The van der Waals surface area contributed by atoms with E-state index >= 15 is 0 Å². The van der Waals surface area contributed by atoms with Gasteiger partial charge in [-0.1, -0.05) is 23.4 Å². The lowest BCUT2D eigenvalue weighted by atomic mass is 10.3. The van der Waals surface area contributed by atoms with Crippen molar-refractivity contribution in [3.8, 4) is 11.4 Å². The maximum atomic E-state index is 11.8. The second-order valence-corrected chi connectivity index (χ2v) is 5.99. The maximum Gasteiger partial charge on any atom is 0.243 e. The summed E-state index contributed by atoms with van der Waals surface area (Å²) in [5.74, 6) is 0.375. The van der Waals surface area contributed by atoms with E-state index in [0.29, 0.717) is 23.8 Å². The summed E-state index contributed by atoms with van der Waals surface area (Å²) in [5, 5.41) is 13.0. The Morgan fingerprint density at radius 3 is 2.72 bits per heavy atom. The van der Waals surface area contributed by atoms with Crippen LogP contribution in [-0.4, -0.2) is 28.5 Å². The standard InChI is InChI=1S/C17H16N4O3S/c22-14(18-10-15(23)19-13-4-2-1-3-5-13)6-7-16-20-17(21-24-16)12-8-9-25-11-12/h1-5,8-9,11H,6-7,10H2,(H,18,22)(H,19,23). The number of benzene rings is 1. The molecule has 25 heavy (non-hydrogen) atoms. The lowest BCUT2D eigenvalue weighted by molar-refractivity contribution is -0.124. The maximum absolute atomic E-state index is 11.8. The SMILES string of the molecule is O=C(CCc1nc(-c2ccsc2)no1)NCC(=O)Nc1ccccc1. The molecule has 0 aliphatic rings. The van der Waals surface area contributed by atoms with Crippen LogP contribution in [0.5, 0.6) is 0 Å². The molecule has 7 nitrogen and oxygen atoms in total. The van der Waals surface area contributed by atoms with E-state index in [9.17, 15) is 9.59 Å². The first-order valence-corrected chi connectivity index (χ1v) is 8.62. The van der Waals surface area contributed by atoms with Gasteiger partial charge in [0.25, 0.3) is 0 Å². The Kier molecular flexibility index (Phi) is 5.53. The lowest BCUT2D eigenvalue weighted by Gasteiger charge is -2.06. The highest BCUT2D eigenvalue weighted by Crippen LogP contribution is 2.18. The second kappa shape index (κ2) is 8.20. The molecule has 0 saturated heterocycles. The summed E-state index contributed by atoms with van der Waals surface area (Å²) in [6.45, 7) is -0.0856. The van der Waals surface area contributed by atoms with E-state index in [1.165, 1.54) is 0 Å². The monoisotopic (exact) mass is 356 g/mol. The van der Waals surface area contributed by atoms with Gasteiger partial charge in [0.1, 0.15) is 0 Å². The first kappa shape index (κ1) is 16.8. The molecule has 2 N–H and O–H groups in total. The molecule has 2 heterocycles. The zero-order valence-corrected chi connectivity index (χ0v) is 14.1. The van der Waals surface area contributed by atoms with Crippen LogP contribution in [0.3, 0.4) is 0 Å². The molecular formula is C17H16N4O3S. The van der Waals surface area contributed by atoms with Crippen LogP contribution >= 0.6 is 11.3 Å². The van der Waals surface area contributed by atoms with Gasteiger partial charge in [-0.05, 0) is 23.6 Å². The topological polar surface area (TPSA) is 97.1 Å². The van der Waals surface area contributed by atoms with Crippen LogP contribution in [0.2, 0.25) is 0 Å². The number of nitrogens with zero attached hydrogens (tertiary/aromatic N) is 2. The second-order valence-electron chi connectivity index (χ2n) is 5.21. The molecule has 0 saturated carbocycles. The van der Waals surface area contributed by atoms with Crippen molar-refractivity contribution in [2.24, 2.45) is 0 Å². The quantitative estimate of drug-likeness (QED) is 0.678. The van der Waals surface area contributed by atoms with E-state index in [2.05, 4.69) is 20.8 Å². The normalized spacial score (nSPS) is 10.4. The van der Waals surface area contributed by atoms with E-state index in [0.717, 1.165) is 5.56 Å². The van der Waals surface area contributed by atoms with Crippen molar-refractivity contribution in [3.05, 3.63) is 53.0 Å². The van der Waals surface area contributed by atoms with Gasteiger partial charge in [-0.3, -0.25) is 9.59 Å². The zero-order chi connectivity index (χ0) is 17.5. The van der Waals surface area contributed by atoms with Gasteiger partial charge in [-0.2, -0.15) is 16.3 Å². The molecular weight excluding hydrogens is 340 g/mol. The summed E-state index contributed by atoms with van der Waals surface area (Å²) in [5.41, 5.74) is 1.58. The van der Waals surface area contributed by atoms with E-state index in [1.54, 1.807) is 23.5 Å². The molecule has 128 valence electrons. The third kappa shape index (κ3) is 4.98. The van der Waals surface area contributed by atoms with Gasteiger partial charge in [0.15, 0.2) is 0 Å². The van der Waals surface area contributed by atoms with Crippen molar-refractivity contribution in [2.75, 3.05) is 11.9 Å². The van der Waals surface area contributed by atoms with E-state index < -0.39 is 0 Å². The Hall–Kier alpha value is -3.00. The first-order chi connectivity index (χ1) is 12.2. The number of rotatable bonds is 7. The molecule has 2 aromatic heterocycles. The van der Waals surface area contributed by atoms with Gasteiger partial charge in [0, 0.05) is 29.5 Å². The molecule has 0 aliphatic carbocycles. The largest absolute Gasteiger partial charge is 0.347 e. The molecule has 0 fully saturated rings. The number of hydrogen-bond acceptors (Lipinski definition) is 6. The van der Waals surface area contributed by atoms with Crippen LogP contribution in [0.4, 0.5) is 5.69 Å². The molecule has 0 unspecified atom stereocenters. The van der Waals surface area contributed by atoms with Crippen molar-refractivity contribution in [1.29, 1.82) is 0 Å². The Balaban J connectivity index is 1.40. The lowest BCUT2D eigenvalue weighted by Crippen LogP contribution is -2.32. The predicted molar refractivity (Wildman–Crippen MR) is 94.0 cm³/mol. The Bertz CT molecular complexity index is 831. The fourth-order valence-corrected chi connectivity index (χ4v) is 2.71. The highest BCUT2D eigenvalue weighted by molar-refractivity contribution is 7.08. The number of aryl methyl sites for hydroxylation is 1. The number of carbonyl (C=O) groups is 2. The third-order valence-corrected chi connectivity index (χ3v) is 4.00. The van der Waals surface area contributed by atoms with Crippen LogP contribution in [-0.2, 0) is 16.0 Å². The van der Waals surface area contributed by atoms with Crippen molar-refractivity contribution in [1.82, 2.24) is 15.5 Å². The molecule has 0 atom stereocenters. The summed E-state index contributed by atoms with van der Waals surface area (Å²) >= 11 is 1.55. The van der Waals surface area contributed by atoms with Crippen LogP contribution in [0.15, 0.2) is 51.7 Å². The Morgan fingerprint density at radius 1 is 1.12 bits per heavy atom. The van der Waals surface area contributed by atoms with Gasteiger partial charge in [0.2, 0.25) is 23.5 Å². The molecule has 0 spiro atoms. The Labute approximate surface area is 148 Å². The van der Waals surface area contributed by atoms with Crippen molar-refractivity contribution in [2.45, 2.75) is 12.8 Å². The van der Waals surface area contributed by atoms with E-state index in [1.807, 2.05) is 35.0 Å². The summed E-state index contributed by atoms with van der Waals surface area (Å²) in [6.07, 6.45) is 0.493. The van der Waals surface area contributed by atoms with Gasteiger partial charge >= 0.3 is 0 Å². The van der Waals surface area contributed by atoms with Gasteiger partial charge in [-0.25, -0.2) is 0 Å². The molecule has 0 radical (unpaired) electrons. The highest BCUT2D eigenvalue weighted by Gasteiger charge is 2.11. The fraction of sp³-hybridized carbons (Fsp3) is 0.176. The van der Waals surface area contributed by atoms with E-state index in [4.69, 9.17) is 4.52 Å². The number of hydrogen-bond donors (Lipinski definition) is 2. The summed E-state index contributed by atoms with van der Waals surface area (Å²) in [6, 6.07) is 11.0. The number of aromatic nitrogens is 2. The first-order valence-electron chi connectivity index (χ1n) is 7.67. The average Bonchev–Trinajstić information content (AvgIpc) is 3.30. The number of para-hydroxylation sites is 1. The third-order valence-electron chi connectivity index (χ3n) is 3.32. The van der Waals surface area contributed by atoms with Gasteiger partial charge < -0.3 is 15.2 Å². The van der Waals surface area contributed by atoms with Crippen molar-refractivity contribution < 1.29 is 14.1 Å². The number of thiophene rings is 1. The minimum Gasteiger partial charge on any atom is -0.347 e. The summed E-state index contributed by atoms with van der Waals surface area (Å²) < 4.78 is 5.13. The smallest absolute Gasteiger partial charge is 0.243 e. The molecule has 2 amide bonds. The average molecular weight is 356 g/mol. The minimum absolute atomic E-state index is 0.0856. The number of amides is 2. The molecule has 0 bridgehead atoms. The molecule has 1 aromatic carbocycles. The predicted octanol–water partition coefficient (Wildman–Crippen LogP) is 2.49. The summed E-state index contributed by atoms with van der Waals surface area (Å²) in [7, 11) is 0.